The molecular weight excluding hydrogens is 381 g/mol. The highest BCUT2D eigenvalue weighted by Gasteiger charge is 2.24. The molecule has 150 valence electrons. The first-order valence-corrected chi connectivity index (χ1v) is 9.20. The molecule has 2 amide bonds. The summed E-state index contributed by atoms with van der Waals surface area (Å²) in [5.74, 6) is -0.684. The van der Waals surface area contributed by atoms with Crippen molar-refractivity contribution in [2.24, 2.45) is 11.7 Å². The number of nitrogens with one attached hydrogen (secondary N) is 2. The fourth-order valence-corrected chi connectivity index (χ4v) is 3.36. The average Bonchev–Trinajstić information content (AvgIpc) is 2.67. The predicted molar refractivity (Wildman–Crippen MR) is 110 cm³/mol. The lowest BCUT2D eigenvalue weighted by Gasteiger charge is -2.25. The van der Waals surface area contributed by atoms with Crippen LogP contribution in [0.5, 0.6) is 0 Å². The molecule has 28 heavy (non-hydrogen) atoms. The van der Waals surface area contributed by atoms with Gasteiger partial charge in [0.2, 0.25) is 5.91 Å². The van der Waals surface area contributed by atoms with Crippen molar-refractivity contribution in [3.05, 3.63) is 65.5 Å². The third kappa shape index (κ3) is 6.04. The smallest absolute Gasteiger partial charge is 0.255 e. The Morgan fingerprint density at radius 1 is 1.11 bits per heavy atom. The number of halogens is 2. The molecule has 5 nitrogen and oxygen atoms in total. The molecule has 0 heterocycles. The Morgan fingerprint density at radius 2 is 1.86 bits per heavy atom. The van der Waals surface area contributed by atoms with Gasteiger partial charge in [-0.25, -0.2) is 4.39 Å². The molecule has 1 aliphatic carbocycles. The van der Waals surface area contributed by atoms with Crippen molar-refractivity contribution in [1.82, 2.24) is 5.32 Å². The van der Waals surface area contributed by atoms with E-state index < -0.39 is 0 Å². The molecular formula is C21H25ClFN3O2. The SMILES string of the molecule is Cl.NC1CCCC(C(=O)NCc2cccc(NC(=O)c3ccc(F)cc3)c2)C1. The Morgan fingerprint density at radius 3 is 2.57 bits per heavy atom. The number of anilines is 1. The number of rotatable bonds is 5. The second-order valence-corrected chi connectivity index (χ2v) is 7.00. The fourth-order valence-electron chi connectivity index (χ4n) is 3.36. The minimum absolute atomic E-state index is 0. The van der Waals surface area contributed by atoms with E-state index in [0.717, 1.165) is 31.2 Å². The number of hydrogen-bond acceptors (Lipinski definition) is 3. The summed E-state index contributed by atoms with van der Waals surface area (Å²) in [7, 11) is 0. The zero-order valence-corrected chi connectivity index (χ0v) is 16.3. The molecule has 0 saturated heterocycles. The molecule has 0 aliphatic heterocycles. The number of carbonyl (C=O) groups is 2. The summed E-state index contributed by atoms with van der Waals surface area (Å²) in [6, 6.07) is 12.8. The fraction of sp³-hybridized carbons (Fsp3) is 0.333. The van der Waals surface area contributed by atoms with Gasteiger partial charge in [0.1, 0.15) is 5.82 Å². The van der Waals surface area contributed by atoms with Gasteiger partial charge in [-0.15, -0.1) is 12.4 Å². The Labute approximate surface area is 170 Å². The first kappa shape index (κ1) is 21.9. The van der Waals surface area contributed by atoms with Crippen LogP contribution < -0.4 is 16.4 Å². The summed E-state index contributed by atoms with van der Waals surface area (Å²) in [6.45, 7) is 0.394. The minimum atomic E-state index is -0.386. The van der Waals surface area contributed by atoms with Gasteiger partial charge in [0.05, 0.1) is 0 Å². The van der Waals surface area contributed by atoms with Crippen LogP contribution in [0.4, 0.5) is 10.1 Å². The van der Waals surface area contributed by atoms with E-state index >= 15 is 0 Å². The van der Waals surface area contributed by atoms with Crippen LogP contribution in [-0.2, 0) is 11.3 Å². The number of hydrogen-bond donors (Lipinski definition) is 3. The van der Waals surface area contributed by atoms with Crippen LogP contribution in [0, 0.1) is 11.7 Å². The quantitative estimate of drug-likeness (QED) is 0.710. The van der Waals surface area contributed by atoms with Gasteiger partial charge in [-0.05, 0) is 61.2 Å². The maximum Gasteiger partial charge on any atom is 0.255 e. The van der Waals surface area contributed by atoms with Crippen LogP contribution in [0.2, 0.25) is 0 Å². The van der Waals surface area contributed by atoms with Gasteiger partial charge in [0.15, 0.2) is 0 Å². The van der Waals surface area contributed by atoms with Crippen molar-refractivity contribution in [2.45, 2.75) is 38.3 Å². The molecule has 2 aromatic rings. The van der Waals surface area contributed by atoms with E-state index in [1.807, 2.05) is 18.2 Å². The number of carbonyl (C=O) groups excluding carboxylic acids is 2. The van der Waals surface area contributed by atoms with Crippen molar-refractivity contribution in [3.63, 3.8) is 0 Å². The Kier molecular flexibility index (Phi) is 7.96. The average molecular weight is 406 g/mol. The van der Waals surface area contributed by atoms with Gasteiger partial charge in [-0.2, -0.15) is 0 Å². The van der Waals surface area contributed by atoms with Crippen molar-refractivity contribution in [2.75, 3.05) is 5.32 Å². The van der Waals surface area contributed by atoms with Crippen molar-refractivity contribution >= 4 is 29.9 Å². The maximum absolute atomic E-state index is 13.0. The van der Waals surface area contributed by atoms with E-state index in [0.29, 0.717) is 17.8 Å². The summed E-state index contributed by atoms with van der Waals surface area (Å²) in [5.41, 5.74) is 7.84. The second-order valence-electron chi connectivity index (χ2n) is 7.00. The third-order valence-electron chi connectivity index (χ3n) is 4.84. The van der Waals surface area contributed by atoms with Gasteiger partial charge < -0.3 is 16.4 Å². The molecule has 3 rings (SSSR count). The lowest BCUT2D eigenvalue weighted by Crippen LogP contribution is -2.37. The van der Waals surface area contributed by atoms with Gasteiger partial charge in [0.25, 0.3) is 5.91 Å². The Hall–Kier alpha value is -2.44. The lowest BCUT2D eigenvalue weighted by molar-refractivity contribution is -0.126. The molecule has 0 spiro atoms. The van der Waals surface area contributed by atoms with Crippen LogP contribution in [0.25, 0.3) is 0 Å². The third-order valence-corrected chi connectivity index (χ3v) is 4.84. The molecule has 7 heteroatoms. The van der Waals surface area contributed by atoms with E-state index in [-0.39, 0.29) is 42.0 Å². The zero-order valence-electron chi connectivity index (χ0n) is 15.5. The molecule has 0 radical (unpaired) electrons. The monoisotopic (exact) mass is 405 g/mol. The topological polar surface area (TPSA) is 84.2 Å². The van der Waals surface area contributed by atoms with Crippen LogP contribution in [0.15, 0.2) is 48.5 Å². The molecule has 2 unspecified atom stereocenters. The van der Waals surface area contributed by atoms with Gasteiger partial charge in [-0.3, -0.25) is 9.59 Å². The van der Waals surface area contributed by atoms with E-state index in [1.165, 1.54) is 24.3 Å². The van der Waals surface area contributed by atoms with Crippen LogP contribution >= 0.6 is 12.4 Å². The second kappa shape index (κ2) is 10.2. The predicted octanol–water partition coefficient (Wildman–Crippen LogP) is 3.63. The number of nitrogens with two attached hydrogens (primary N) is 1. The highest BCUT2D eigenvalue weighted by molar-refractivity contribution is 6.04. The Balaban J connectivity index is 0.00000280. The first-order valence-electron chi connectivity index (χ1n) is 9.20. The molecule has 1 saturated carbocycles. The van der Waals surface area contributed by atoms with E-state index in [9.17, 15) is 14.0 Å². The van der Waals surface area contributed by atoms with E-state index in [2.05, 4.69) is 10.6 Å². The molecule has 0 aromatic heterocycles. The number of benzene rings is 2. The van der Waals surface area contributed by atoms with Gasteiger partial charge >= 0.3 is 0 Å². The largest absolute Gasteiger partial charge is 0.352 e. The highest BCUT2D eigenvalue weighted by atomic mass is 35.5. The van der Waals surface area contributed by atoms with Crippen LogP contribution in [0.3, 0.4) is 0 Å². The molecule has 2 atom stereocenters. The molecule has 1 fully saturated rings. The zero-order chi connectivity index (χ0) is 19.2. The summed E-state index contributed by atoms with van der Waals surface area (Å²) in [4.78, 5) is 24.6. The van der Waals surface area contributed by atoms with Crippen molar-refractivity contribution < 1.29 is 14.0 Å². The lowest BCUT2D eigenvalue weighted by atomic mass is 9.85. The van der Waals surface area contributed by atoms with E-state index in [4.69, 9.17) is 5.73 Å². The van der Waals surface area contributed by atoms with Gasteiger partial charge in [0, 0.05) is 29.8 Å². The Bertz CT molecular complexity index is 814. The summed E-state index contributed by atoms with van der Waals surface area (Å²) in [6.07, 6.45) is 3.59. The van der Waals surface area contributed by atoms with Crippen molar-refractivity contribution in [1.29, 1.82) is 0 Å². The molecule has 4 N–H and O–H groups in total. The first-order chi connectivity index (χ1) is 13.0. The summed E-state index contributed by atoms with van der Waals surface area (Å²) < 4.78 is 13.0. The number of amides is 2. The molecule has 0 bridgehead atoms. The minimum Gasteiger partial charge on any atom is -0.352 e. The maximum atomic E-state index is 13.0. The summed E-state index contributed by atoms with van der Waals surface area (Å²) >= 11 is 0. The summed E-state index contributed by atoms with van der Waals surface area (Å²) in [5, 5.41) is 5.74. The standard InChI is InChI=1S/C21H24FN3O2.ClH/c22-17-9-7-15(8-10-17)21(27)25-19-6-1-3-14(11-19)13-24-20(26)16-4-2-5-18(23)12-16;/h1,3,6-11,16,18H,2,4-5,12-13,23H2,(H,24,26)(H,25,27);1H. The van der Waals surface area contributed by atoms with E-state index in [1.54, 1.807) is 6.07 Å². The normalized spacial score (nSPS) is 18.6. The van der Waals surface area contributed by atoms with Gasteiger partial charge in [-0.1, -0.05) is 18.6 Å². The van der Waals surface area contributed by atoms with Crippen molar-refractivity contribution in [3.8, 4) is 0 Å². The van der Waals surface area contributed by atoms with Crippen LogP contribution in [-0.4, -0.2) is 17.9 Å². The molecule has 1 aliphatic rings. The highest BCUT2D eigenvalue weighted by Crippen LogP contribution is 2.23. The molecule has 2 aromatic carbocycles. The van der Waals surface area contributed by atoms with Crippen LogP contribution in [0.1, 0.15) is 41.6 Å².